The minimum atomic E-state index is -0.298. The summed E-state index contributed by atoms with van der Waals surface area (Å²) in [5, 5.41) is 9.28. The number of benzene rings is 4. The number of carbonyl (C=O) groups excluding carboxylic acids is 3. The highest BCUT2D eigenvalue weighted by atomic mass is 16.2. The zero-order valence-corrected chi connectivity index (χ0v) is 52.1. The first-order chi connectivity index (χ1) is 47.0. The van der Waals surface area contributed by atoms with Gasteiger partial charge in [0.05, 0.1) is 56.9 Å². The zero-order valence-electron chi connectivity index (χ0n) is 52.1. The molecule has 2 aliphatic heterocycles. The number of nitrogens with zero attached hydrogens (tertiary/aromatic N) is 8. The Labute approximate surface area is 551 Å². The molecule has 0 unspecified atom stereocenters. The van der Waals surface area contributed by atoms with Crippen LogP contribution in [0.5, 0.6) is 0 Å². The van der Waals surface area contributed by atoms with Crippen LogP contribution in [0, 0.1) is 20.8 Å². The summed E-state index contributed by atoms with van der Waals surface area (Å²) in [6.07, 6.45) is 18.2. The molecule has 11 heterocycles. The van der Waals surface area contributed by atoms with Gasteiger partial charge in [-0.2, -0.15) is 0 Å². The van der Waals surface area contributed by atoms with Gasteiger partial charge < -0.3 is 25.9 Å². The Bertz CT molecular complexity index is 5340. The number of nitrogens with one attached hydrogen (secondary N) is 5. The minimum Gasteiger partial charge on any atom is -0.354 e. The lowest BCUT2D eigenvalue weighted by Gasteiger charge is -2.10. The molecular formula is C80H57N13O3. The predicted octanol–water partition coefficient (Wildman–Crippen LogP) is 17.4. The lowest BCUT2D eigenvalue weighted by atomic mass is 10.0. The number of anilines is 3. The van der Waals surface area contributed by atoms with Gasteiger partial charge in [0.25, 0.3) is 17.7 Å². The highest BCUT2D eigenvalue weighted by Gasteiger charge is 2.21. The number of fused-ring (bicyclic) bond motifs is 8. The van der Waals surface area contributed by atoms with Gasteiger partial charge in [-0.15, -0.1) is 0 Å². The lowest BCUT2D eigenvalue weighted by Crippen LogP contribution is -2.12. The van der Waals surface area contributed by atoms with Crippen molar-refractivity contribution in [3.63, 3.8) is 0 Å². The van der Waals surface area contributed by atoms with E-state index in [1.165, 1.54) is 0 Å². The summed E-state index contributed by atoms with van der Waals surface area (Å²) in [7, 11) is 0. The van der Waals surface area contributed by atoms with Gasteiger partial charge in [-0.05, 0) is 217 Å². The Morgan fingerprint density at radius 2 is 0.552 bits per heavy atom. The van der Waals surface area contributed by atoms with E-state index in [1.807, 2.05) is 179 Å². The summed E-state index contributed by atoms with van der Waals surface area (Å²) in [4.78, 5) is 87.4. The van der Waals surface area contributed by atoms with Crippen molar-refractivity contribution in [2.75, 3.05) is 16.0 Å². The van der Waals surface area contributed by atoms with E-state index in [0.717, 1.165) is 89.0 Å². The molecule has 460 valence electrons. The van der Waals surface area contributed by atoms with Crippen LogP contribution >= 0.6 is 0 Å². The molecule has 0 fully saturated rings. The monoisotopic (exact) mass is 1250 g/mol. The molecule has 0 spiro atoms. The maximum absolute atomic E-state index is 13.9. The average Bonchev–Trinajstić information content (AvgIpc) is 1.62. The van der Waals surface area contributed by atoms with Crippen LogP contribution in [0.4, 0.5) is 17.1 Å². The summed E-state index contributed by atoms with van der Waals surface area (Å²) in [5.41, 5.74) is 22.7. The molecule has 8 bridgehead atoms. The van der Waals surface area contributed by atoms with Crippen molar-refractivity contribution in [2.24, 2.45) is 0 Å². The number of amides is 3. The fourth-order valence-corrected chi connectivity index (χ4v) is 12.0. The van der Waals surface area contributed by atoms with E-state index in [0.29, 0.717) is 85.0 Å². The van der Waals surface area contributed by atoms with Gasteiger partial charge >= 0.3 is 0 Å². The maximum Gasteiger partial charge on any atom is 0.255 e. The van der Waals surface area contributed by atoms with E-state index in [4.69, 9.17) is 9.97 Å². The van der Waals surface area contributed by atoms with Gasteiger partial charge in [0, 0.05) is 115 Å². The molecule has 0 saturated heterocycles. The highest BCUT2D eigenvalue weighted by molar-refractivity contribution is 6.07. The summed E-state index contributed by atoms with van der Waals surface area (Å²) in [6.45, 7) is 5.97. The van der Waals surface area contributed by atoms with E-state index >= 15 is 0 Å². The summed E-state index contributed by atoms with van der Waals surface area (Å²) < 4.78 is 0. The minimum absolute atomic E-state index is 0.289. The second-order valence-electron chi connectivity index (χ2n) is 23.4. The Morgan fingerprint density at radius 1 is 0.292 bits per heavy atom. The fourth-order valence-electron chi connectivity index (χ4n) is 12.0. The number of H-pyrrole nitrogens is 2. The molecule has 15 rings (SSSR count). The quantitative estimate of drug-likeness (QED) is 0.0730. The largest absolute Gasteiger partial charge is 0.354 e. The van der Waals surface area contributed by atoms with Crippen molar-refractivity contribution in [1.29, 1.82) is 0 Å². The molecule has 13 aromatic rings. The first-order valence-electron chi connectivity index (χ1n) is 31.1. The SMILES string of the molecule is Cc1ccnc(-c2cc(C(=O)Nc3ccc(-c4c5nc(c(-c6ccc(NC(=O)c7ccnc(-c8cc(C)ccn8)c7)cc6)c6ccc([nH]6)c(-c6ccc(NC(=O)c7ccnc(-c8cc(C)ccn8)c7)cc6)c6nc(c(-c7ccccc7)c7ccc4[nH]7)C=C6)C=C5)cc3)ccn2)c1. The molecule has 0 radical (unpaired) electrons. The lowest BCUT2D eigenvalue weighted by molar-refractivity contribution is 0.101. The van der Waals surface area contributed by atoms with E-state index in [-0.39, 0.29) is 17.7 Å². The van der Waals surface area contributed by atoms with Crippen molar-refractivity contribution in [3.05, 3.63) is 294 Å². The molecule has 16 nitrogen and oxygen atoms in total. The molecule has 5 N–H and O–H groups in total. The molecule has 0 aliphatic carbocycles. The second-order valence-corrected chi connectivity index (χ2v) is 23.4. The number of aryl methyl sites for hydroxylation is 3. The summed E-state index contributed by atoms with van der Waals surface area (Å²) >= 11 is 0. The molecule has 9 aromatic heterocycles. The predicted molar refractivity (Wildman–Crippen MR) is 381 cm³/mol. The van der Waals surface area contributed by atoms with Crippen molar-refractivity contribution in [3.8, 4) is 78.7 Å². The molecule has 2 aliphatic rings. The number of pyridine rings is 6. The van der Waals surface area contributed by atoms with Crippen LogP contribution in [0.1, 0.15) is 70.5 Å². The molecule has 16 heteroatoms. The molecule has 0 saturated carbocycles. The normalized spacial score (nSPS) is 11.5. The van der Waals surface area contributed by atoms with Crippen LogP contribution in [0.3, 0.4) is 0 Å². The number of hydrogen-bond donors (Lipinski definition) is 5. The highest BCUT2D eigenvalue weighted by Crippen LogP contribution is 2.40. The number of aromatic amines is 2. The first kappa shape index (κ1) is 59.1. The van der Waals surface area contributed by atoms with Gasteiger partial charge in [-0.3, -0.25) is 44.3 Å². The van der Waals surface area contributed by atoms with Gasteiger partial charge in [0.2, 0.25) is 0 Å². The first-order valence-corrected chi connectivity index (χ1v) is 31.1. The van der Waals surface area contributed by atoms with Gasteiger partial charge in [0.15, 0.2) is 0 Å². The molecule has 4 aromatic carbocycles. The fraction of sp³-hybridized carbons (Fsp3) is 0.0375. The van der Waals surface area contributed by atoms with Gasteiger partial charge in [-0.1, -0.05) is 66.7 Å². The van der Waals surface area contributed by atoms with Crippen LogP contribution in [-0.4, -0.2) is 67.6 Å². The standard InChI is InChI=1S/C80H57N13O3/c1-47-29-35-81-68(41-47)71-44-54(32-38-84-71)78(94)87-57-15-9-51(10-16-57)75-62-23-21-60(90-62)74(50-7-5-4-6-8-50)61-22-24-63(91-61)76(52-11-17-58(18-12-52)88-79(95)55-33-39-85-72(45-55)69-42-48(2)30-36-82-69)65-26-28-67(93-65)77(66-27-25-64(75)92-66)53-13-19-59(20-14-53)89-80(96)56-34-40-86-73(46-56)70-43-49(3)31-37-83-70/h4-46,90,93H,1-3H3,(H,87,94)(H,88,95)(H,89,96). The zero-order chi connectivity index (χ0) is 65.2. The Kier molecular flexibility index (Phi) is 15.7. The van der Waals surface area contributed by atoms with Crippen LogP contribution < -0.4 is 16.0 Å². The maximum atomic E-state index is 13.9. The van der Waals surface area contributed by atoms with Crippen LogP contribution in [-0.2, 0) is 0 Å². The molecule has 96 heavy (non-hydrogen) atoms. The molecule has 3 amide bonds. The van der Waals surface area contributed by atoms with E-state index in [9.17, 15) is 14.4 Å². The molecule has 0 atom stereocenters. The van der Waals surface area contributed by atoms with Crippen LogP contribution in [0.2, 0.25) is 0 Å². The third-order valence-corrected chi connectivity index (χ3v) is 16.7. The van der Waals surface area contributed by atoms with Crippen LogP contribution in [0.25, 0.3) is 125 Å². The van der Waals surface area contributed by atoms with Crippen molar-refractivity contribution in [1.82, 2.24) is 49.8 Å². The Balaban J connectivity index is 0.853. The van der Waals surface area contributed by atoms with Crippen molar-refractivity contribution >= 4 is 81.2 Å². The van der Waals surface area contributed by atoms with Crippen molar-refractivity contribution < 1.29 is 14.4 Å². The van der Waals surface area contributed by atoms with E-state index in [1.54, 1.807) is 73.6 Å². The Morgan fingerprint density at radius 3 is 0.833 bits per heavy atom. The van der Waals surface area contributed by atoms with Crippen LogP contribution in [0.15, 0.2) is 237 Å². The van der Waals surface area contributed by atoms with Gasteiger partial charge in [-0.25, -0.2) is 9.97 Å². The smallest absolute Gasteiger partial charge is 0.255 e. The average molecular weight is 1250 g/mol. The third-order valence-electron chi connectivity index (χ3n) is 16.7. The van der Waals surface area contributed by atoms with E-state index in [2.05, 4.69) is 86.2 Å². The molecular weight excluding hydrogens is 1190 g/mol. The van der Waals surface area contributed by atoms with Crippen molar-refractivity contribution in [2.45, 2.75) is 20.8 Å². The summed E-state index contributed by atoms with van der Waals surface area (Å²) in [5.74, 6) is -0.876. The Hall–Kier alpha value is -13.2. The third kappa shape index (κ3) is 12.3. The number of carbonyl (C=O) groups is 3. The summed E-state index contributed by atoms with van der Waals surface area (Å²) in [6, 6.07) is 63.5. The number of aromatic nitrogens is 10. The number of hydrogen-bond acceptors (Lipinski definition) is 11. The van der Waals surface area contributed by atoms with E-state index < -0.39 is 0 Å². The van der Waals surface area contributed by atoms with Gasteiger partial charge in [0.1, 0.15) is 0 Å². The topological polar surface area (TPSA) is 222 Å². The number of rotatable bonds is 13. The second kappa shape index (κ2) is 25.5.